The molecule has 0 saturated carbocycles. The van der Waals surface area contributed by atoms with E-state index in [1.165, 1.54) is 0 Å². The van der Waals surface area contributed by atoms with Crippen LogP contribution in [0.2, 0.25) is 5.02 Å². The number of nitrogens with one attached hydrogen (secondary N) is 1. The van der Waals surface area contributed by atoms with E-state index in [0.29, 0.717) is 11.6 Å². The molecule has 0 aliphatic carbocycles. The first-order valence-electron chi connectivity index (χ1n) is 2.51. The molecule has 1 aromatic rings. The van der Waals surface area contributed by atoms with Gasteiger partial charge in [-0.3, -0.25) is 5.10 Å². The fourth-order valence-electron chi connectivity index (χ4n) is 0.544. The van der Waals surface area contributed by atoms with Crippen molar-refractivity contribution >= 4 is 11.6 Å². The molecular formula is C5H7ClN2O. The zero-order valence-electron chi connectivity index (χ0n) is 5.02. The van der Waals surface area contributed by atoms with E-state index < -0.39 is 0 Å². The van der Waals surface area contributed by atoms with Gasteiger partial charge in [-0.05, 0) is 0 Å². The summed E-state index contributed by atoms with van der Waals surface area (Å²) in [6.45, 7) is 0.485. The Labute approximate surface area is 58.0 Å². The van der Waals surface area contributed by atoms with Crippen molar-refractivity contribution in [1.29, 1.82) is 0 Å². The van der Waals surface area contributed by atoms with E-state index in [2.05, 4.69) is 10.2 Å². The molecule has 0 spiro atoms. The summed E-state index contributed by atoms with van der Waals surface area (Å²) < 4.78 is 4.81. The van der Waals surface area contributed by atoms with Crippen molar-refractivity contribution in [3.63, 3.8) is 0 Å². The fourth-order valence-corrected chi connectivity index (χ4v) is 0.689. The molecule has 50 valence electrons. The molecular weight excluding hydrogens is 140 g/mol. The summed E-state index contributed by atoms with van der Waals surface area (Å²) >= 11 is 5.64. The van der Waals surface area contributed by atoms with E-state index in [1.54, 1.807) is 13.3 Å². The maximum atomic E-state index is 5.64. The Balaban J connectivity index is 2.69. The number of ether oxygens (including phenoxy) is 1. The summed E-state index contributed by atoms with van der Waals surface area (Å²) in [6, 6.07) is 0. The van der Waals surface area contributed by atoms with E-state index >= 15 is 0 Å². The maximum absolute atomic E-state index is 5.64. The van der Waals surface area contributed by atoms with Gasteiger partial charge >= 0.3 is 0 Å². The molecule has 9 heavy (non-hydrogen) atoms. The molecule has 4 heteroatoms. The van der Waals surface area contributed by atoms with E-state index in [-0.39, 0.29) is 0 Å². The van der Waals surface area contributed by atoms with E-state index in [4.69, 9.17) is 16.3 Å². The Hall–Kier alpha value is -0.540. The molecule has 0 saturated heterocycles. The smallest absolute Gasteiger partial charge is 0.0893 e. The summed E-state index contributed by atoms with van der Waals surface area (Å²) in [7, 11) is 1.61. The van der Waals surface area contributed by atoms with Crippen molar-refractivity contribution < 1.29 is 4.74 Å². The normalized spacial score (nSPS) is 10.0. The quantitative estimate of drug-likeness (QED) is 0.681. The van der Waals surface area contributed by atoms with Gasteiger partial charge in [0, 0.05) is 7.11 Å². The van der Waals surface area contributed by atoms with Crippen LogP contribution in [-0.4, -0.2) is 17.3 Å². The molecule has 3 nitrogen and oxygen atoms in total. The Morgan fingerprint density at radius 3 is 3.11 bits per heavy atom. The van der Waals surface area contributed by atoms with Gasteiger partial charge < -0.3 is 4.74 Å². The number of nitrogens with zero attached hydrogens (tertiary/aromatic N) is 1. The van der Waals surface area contributed by atoms with Crippen LogP contribution in [0, 0.1) is 0 Å². The van der Waals surface area contributed by atoms with Gasteiger partial charge in [0.2, 0.25) is 0 Å². The summed E-state index contributed by atoms with van der Waals surface area (Å²) in [5, 5.41) is 7.02. The van der Waals surface area contributed by atoms with Gasteiger partial charge in [0.1, 0.15) is 0 Å². The molecule has 1 heterocycles. The first-order chi connectivity index (χ1) is 4.34. The van der Waals surface area contributed by atoms with Crippen LogP contribution in [-0.2, 0) is 11.3 Å². The van der Waals surface area contributed by atoms with Crippen LogP contribution in [0.5, 0.6) is 0 Å². The standard InChI is InChI=1S/C5H7ClN2O/c1-9-3-5-4(6)2-7-8-5/h2H,3H2,1H3,(H,7,8). The van der Waals surface area contributed by atoms with Crippen LogP contribution < -0.4 is 0 Å². The van der Waals surface area contributed by atoms with Gasteiger partial charge in [-0.15, -0.1) is 0 Å². The highest BCUT2D eigenvalue weighted by Gasteiger charge is 1.98. The van der Waals surface area contributed by atoms with Crippen molar-refractivity contribution in [3.8, 4) is 0 Å². The SMILES string of the molecule is COCc1[nH]ncc1Cl. The molecule has 0 unspecified atom stereocenters. The third kappa shape index (κ3) is 1.43. The number of rotatable bonds is 2. The summed E-state index contributed by atoms with van der Waals surface area (Å²) in [6.07, 6.45) is 1.55. The summed E-state index contributed by atoms with van der Waals surface area (Å²) in [4.78, 5) is 0. The highest BCUT2D eigenvalue weighted by atomic mass is 35.5. The van der Waals surface area contributed by atoms with Gasteiger partial charge in [-0.1, -0.05) is 11.6 Å². The number of H-pyrrole nitrogens is 1. The lowest BCUT2D eigenvalue weighted by Crippen LogP contribution is -1.87. The fraction of sp³-hybridized carbons (Fsp3) is 0.400. The third-order valence-corrected chi connectivity index (χ3v) is 1.28. The Kier molecular flexibility index (Phi) is 2.08. The topological polar surface area (TPSA) is 37.9 Å². The van der Waals surface area contributed by atoms with E-state index in [9.17, 15) is 0 Å². The second-order valence-corrected chi connectivity index (χ2v) is 2.04. The van der Waals surface area contributed by atoms with Crippen LogP contribution in [0.25, 0.3) is 0 Å². The zero-order valence-corrected chi connectivity index (χ0v) is 5.77. The second kappa shape index (κ2) is 2.85. The molecule has 1 N–H and O–H groups in total. The largest absolute Gasteiger partial charge is 0.378 e. The van der Waals surface area contributed by atoms with Gasteiger partial charge in [0.25, 0.3) is 0 Å². The van der Waals surface area contributed by atoms with Crippen molar-refractivity contribution in [2.45, 2.75) is 6.61 Å². The van der Waals surface area contributed by atoms with Gasteiger partial charge in [0.05, 0.1) is 23.5 Å². The Bertz CT molecular complexity index is 187. The minimum absolute atomic E-state index is 0.485. The molecule has 1 rings (SSSR count). The Morgan fingerprint density at radius 2 is 2.67 bits per heavy atom. The molecule has 0 bridgehead atoms. The number of aromatic nitrogens is 2. The second-order valence-electron chi connectivity index (χ2n) is 1.63. The van der Waals surface area contributed by atoms with Crippen LogP contribution in [0.3, 0.4) is 0 Å². The molecule has 1 aromatic heterocycles. The van der Waals surface area contributed by atoms with Crippen LogP contribution in [0.15, 0.2) is 6.20 Å². The number of methoxy groups -OCH3 is 1. The molecule has 0 atom stereocenters. The van der Waals surface area contributed by atoms with Crippen LogP contribution >= 0.6 is 11.6 Å². The minimum atomic E-state index is 0.485. The number of aromatic amines is 1. The first-order valence-corrected chi connectivity index (χ1v) is 2.89. The summed E-state index contributed by atoms with van der Waals surface area (Å²) in [5.74, 6) is 0. The van der Waals surface area contributed by atoms with Gasteiger partial charge in [0.15, 0.2) is 0 Å². The van der Waals surface area contributed by atoms with Crippen molar-refractivity contribution in [1.82, 2.24) is 10.2 Å². The van der Waals surface area contributed by atoms with E-state index in [0.717, 1.165) is 5.69 Å². The van der Waals surface area contributed by atoms with Crippen molar-refractivity contribution in [2.75, 3.05) is 7.11 Å². The number of hydrogen-bond acceptors (Lipinski definition) is 2. The zero-order chi connectivity index (χ0) is 6.69. The third-order valence-electron chi connectivity index (χ3n) is 0.954. The lowest BCUT2D eigenvalue weighted by Gasteiger charge is -1.92. The monoisotopic (exact) mass is 146 g/mol. The van der Waals surface area contributed by atoms with Gasteiger partial charge in [-0.2, -0.15) is 5.10 Å². The lowest BCUT2D eigenvalue weighted by atomic mass is 10.5. The predicted molar refractivity (Wildman–Crippen MR) is 34.3 cm³/mol. The minimum Gasteiger partial charge on any atom is -0.378 e. The average Bonchev–Trinajstić information content (AvgIpc) is 2.18. The Morgan fingerprint density at radius 1 is 1.89 bits per heavy atom. The highest BCUT2D eigenvalue weighted by molar-refractivity contribution is 6.31. The van der Waals surface area contributed by atoms with Crippen molar-refractivity contribution in [2.24, 2.45) is 0 Å². The molecule has 0 amide bonds. The highest BCUT2D eigenvalue weighted by Crippen LogP contribution is 2.11. The van der Waals surface area contributed by atoms with Gasteiger partial charge in [-0.25, -0.2) is 0 Å². The van der Waals surface area contributed by atoms with Crippen LogP contribution in [0.4, 0.5) is 0 Å². The molecule has 0 aromatic carbocycles. The molecule has 0 radical (unpaired) electrons. The van der Waals surface area contributed by atoms with E-state index in [1.807, 2.05) is 0 Å². The van der Waals surface area contributed by atoms with Crippen LogP contribution in [0.1, 0.15) is 5.69 Å². The lowest BCUT2D eigenvalue weighted by molar-refractivity contribution is 0.181. The van der Waals surface area contributed by atoms with Crippen molar-refractivity contribution in [3.05, 3.63) is 16.9 Å². The molecule has 0 aliphatic heterocycles. The predicted octanol–water partition coefficient (Wildman–Crippen LogP) is 1.21. The molecule has 0 aliphatic rings. The average molecular weight is 147 g/mol. The number of hydrogen-bond donors (Lipinski definition) is 1. The summed E-state index contributed by atoms with van der Waals surface area (Å²) in [5.41, 5.74) is 0.819. The first kappa shape index (κ1) is 6.58. The number of halogens is 1. The molecule has 0 fully saturated rings. The maximum Gasteiger partial charge on any atom is 0.0893 e.